The second-order valence-corrected chi connectivity index (χ2v) is 8.33. The molecule has 1 aromatic rings. The molecule has 6 heteroatoms. The monoisotopic (exact) mass is 338 g/mol. The van der Waals surface area contributed by atoms with Crippen molar-refractivity contribution in [3.05, 3.63) is 35.4 Å². The van der Waals surface area contributed by atoms with Crippen LogP contribution in [0.15, 0.2) is 24.3 Å². The molecule has 1 saturated heterocycles. The molecule has 0 aromatic heterocycles. The molecule has 0 bridgehead atoms. The van der Waals surface area contributed by atoms with Crippen LogP contribution in [0.3, 0.4) is 0 Å². The number of aryl methyl sites for hydroxylation is 2. The average Bonchev–Trinajstić information content (AvgIpc) is 2.54. The summed E-state index contributed by atoms with van der Waals surface area (Å²) in [6.07, 6.45) is 2.59. The lowest BCUT2D eigenvalue weighted by molar-refractivity contribution is -0.122. The number of benzene rings is 1. The van der Waals surface area contributed by atoms with E-state index >= 15 is 0 Å². The van der Waals surface area contributed by atoms with Gasteiger partial charge >= 0.3 is 0 Å². The van der Waals surface area contributed by atoms with E-state index in [0.29, 0.717) is 32.4 Å². The highest BCUT2D eigenvalue weighted by atomic mass is 32.2. The number of nitrogens with zero attached hydrogens (tertiary/aromatic N) is 1. The number of carbonyl (C=O) groups is 1. The van der Waals surface area contributed by atoms with Crippen LogP contribution in [-0.4, -0.2) is 43.5 Å². The molecule has 1 amide bonds. The fourth-order valence-corrected chi connectivity index (χ4v) is 4.03. The highest BCUT2D eigenvalue weighted by Gasteiger charge is 2.27. The quantitative estimate of drug-likeness (QED) is 0.861. The largest absolute Gasteiger partial charge is 0.353 e. The van der Waals surface area contributed by atoms with E-state index in [1.807, 2.05) is 12.1 Å². The van der Waals surface area contributed by atoms with E-state index in [-0.39, 0.29) is 17.7 Å². The van der Waals surface area contributed by atoms with Gasteiger partial charge in [0, 0.05) is 25.6 Å². The molecular formula is C17H26N2O3S. The van der Waals surface area contributed by atoms with Gasteiger partial charge in [-0.1, -0.05) is 24.3 Å². The number of amides is 1. The van der Waals surface area contributed by atoms with E-state index in [9.17, 15) is 13.2 Å². The summed E-state index contributed by atoms with van der Waals surface area (Å²) < 4.78 is 25.2. The fourth-order valence-electron chi connectivity index (χ4n) is 2.90. The van der Waals surface area contributed by atoms with E-state index in [4.69, 9.17) is 0 Å². The van der Waals surface area contributed by atoms with Crippen LogP contribution < -0.4 is 5.32 Å². The number of hydrogen-bond acceptors (Lipinski definition) is 3. The average molecular weight is 338 g/mol. The number of piperidine rings is 1. The van der Waals surface area contributed by atoms with Crippen molar-refractivity contribution in [1.29, 1.82) is 0 Å². The van der Waals surface area contributed by atoms with Crippen molar-refractivity contribution >= 4 is 15.9 Å². The van der Waals surface area contributed by atoms with Gasteiger partial charge in [0.05, 0.1) is 5.75 Å². The molecule has 0 saturated carbocycles. The van der Waals surface area contributed by atoms with Crippen LogP contribution in [0.2, 0.25) is 0 Å². The molecule has 1 aromatic carbocycles. The van der Waals surface area contributed by atoms with Crippen molar-refractivity contribution in [1.82, 2.24) is 9.62 Å². The lowest BCUT2D eigenvalue weighted by atomic mass is 10.0. The number of rotatable bonds is 6. The summed E-state index contributed by atoms with van der Waals surface area (Å²) in [5.74, 6) is 0.186. The van der Waals surface area contributed by atoms with Crippen molar-refractivity contribution < 1.29 is 13.2 Å². The Morgan fingerprint density at radius 3 is 2.52 bits per heavy atom. The van der Waals surface area contributed by atoms with Crippen molar-refractivity contribution in [2.24, 2.45) is 0 Å². The minimum Gasteiger partial charge on any atom is -0.353 e. The molecule has 0 atom stereocenters. The first-order chi connectivity index (χ1) is 10.9. The summed E-state index contributed by atoms with van der Waals surface area (Å²) in [7, 11) is -3.10. The maximum absolute atomic E-state index is 12.1. The van der Waals surface area contributed by atoms with Crippen molar-refractivity contribution in [2.45, 2.75) is 45.6 Å². The minimum absolute atomic E-state index is 0.0463. The molecule has 1 aliphatic heterocycles. The summed E-state index contributed by atoms with van der Waals surface area (Å²) in [4.78, 5) is 12.1. The number of carbonyl (C=O) groups excluding carboxylic acids is 1. The standard InChI is InChI=1S/C17H26N2O3S/c1-3-23(21,22)19-12-10-16(11-13-19)18-17(20)9-8-15-7-5-4-6-14(15)2/h4-7,16H,3,8-13H2,1-2H3,(H,18,20). The van der Waals surface area contributed by atoms with E-state index in [1.165, 1.54) is 15.4 Å². The Morgan fingerprint density at radius 2 is 1.91 bits per heavy atom. The van der Waals surface area contributed by atoms with Gasteiger partial charge in [0.15, 0.2) is 0 Å². The first-order valence-corrected chi connectivity index (χ1v) is 9.85. The van der Waals surface area contributed by atoms with E-state index in [2.05, 4.69) is 24.4 Å². The molecule has 1 aliphatic rings. The molecule has 1 fully saturated rings. The second kappa shape index (κ2) is 7.93. The maximum atomic E-state index is 12.1. The fraction of sp³-hybridized carbons (Fsp3) is 0.588. The third-order valence-electron chi connectivity index (χ3n) is 4.46. The van der Waals surface area contributed by atoms with Gasteiger partial charge in [-0.25, -0.2) is 12.7 Å². The summed E-state index contributed by atoms with van der Waals surface area (Å²) in [5.41, 5.74) is 2.41. The third-order valence-corrected chi connectivity index (χ3v) is 6.34. The predicted octanol–water partition coefficient (Wildman–Crippen LogP) is 1.86. The number of hydrogen-bond donors (Lipinski definition) is 1. The van der Waals surface area contributed by atoms with E-state index < -0.39 is 10.0 Å². The lowest BCUT2D eigenvalue weighted by Crippen LogP contribution is -2.46. The van der Waals surface area contributed by atoms with Gasteiger partial charge in [0.25, 0.3) is 0 Å². The zero-order valence-corrected chi connectivity index (χ0v) is 14.7. The van der Waals surface area contributed by atoms with Gasteiger partial charge in [-0.05, 0) is 44.2 Å². The van der Waals surface area contributed by atoms with Crippen LogP contribution in [0.1, 0.15) is 37.3 Å². The molecule has 0 spiro atoms. The number of nitrogens with one attached hydrogen (secondary N) is 1. The van der Waals surface area contributed by atoms with Crippen molar-refractivity contribution in [3.8, 4) is 0 Å². The normalized spacial score (nSPS) is 17.1. The van der Waals surface area contributed by atoms with Gasteiger partial charge in [-0.3, -0.25) is 4.79 Å². The topological polar surface area (TPSA) is 66.5 Å². The Balaban J connectivity index is 1.76. The maximum Gasteiger partial charge on any atom is 0.220 e. The summed E-state index contributed by atoms with van der Waals surface area (Å²) in [6, 6.07) is 8.18. The van der Waals surface area contributed by atoms with Crippen molar-refractivity contribution in [3.63, 3.8) is 0 Å². The molecule has 1 heterocycles. The van der Waals surface area contributed by atoms with Crippen LogP contribution in [0.4, 0.5) is 0 Å². The van der Waals surface area contributed by atoms with Crippen LogP contribution in [0.25, 0.3) is 0 Å². The van der Waals surface area contributed by atoms with Gasteiger partial charge in [0.1, 0.15) is 0 Å². The van der Waals surface area contributed by atoms with E-state index in [0.717, 1.165) is 6.42 Å². The summed E-state index contributed by atoms with van der Waals surface area (Å²) >= 11 is 0. The minimum atomic E-state index is -3.10. The smallest absolute Gasteiger partial charge is 0.220 e. The van der Waals surface area contributed by atoms with E-state index in [1.54, 1.807) is 6.92 Å². The van der Waals surface area contributed by atoms with Crippen molar-refractivity contribution in [2.75, 3.05) is 18.8 Å². The lowest BCUT2D eigenvalue weighted by Gasteiger charge is -2.31. The first kappa shape index (κ1) is 17.9. The Bertz CT molecular complexity index is 635. The summed E-state index contributed by atoms with van der Waals surface area (Å²) in [6.45, 7) is 4.71. The molecule has 2 rings (SSSR count). The molecule has 1 N–H and O–H groups in total. The van der Waals surface area contributed by atoms with Gasteiger partial charge in [0.2, 0.25) is 15.9 Å². The molecule has 0 radical (unpaired) electrons. The van der Waals surface area contributed by atoms with Gasteiger partial charge < -0.3 is 5.32 Å². The molecular weight excluding hydrogens is 312 g/mol. The molecule has 0 unspecified atom stereocenters. The number of sulfonamides is 1. The Morgan fingerprint density at radius 1 is 1.26 bits per heavy atom. The SMILES string of the molecule is CCS(=O)(=O)N1CCC(NC(=O)CCc2ccccc2C)CC1. The first-order valence-electron chi connectivity index (χ1n) is 8.24. The zero-order valence-electron chi connectivity index (χ0n) is 13.9. The molecule has 128 valence electrons. The zero-order chi connectivity index (χ0) is 16.9. The Hall–Kier alpha value is -1.40. The molecule has 0 aliphatic carbocycles. The van der Waals surface area contributed by atoms with Crippen LogP contribution in [0, 0.1) is 6.92 Å². The summed E-state index contributed by atoms with van der Waals surface area (Å²) in [5, 5.41) is 3.04. The molecule has 5 nitrogen and oxygen atoms in total. The molecule has 23 heavy (non-hydrogen) atoms. The predicted molar refractivity (Wildman–Crippen MR) is 91.7 cm³/mol. The third kappa shape index (κ3) is 5.04. The van der Waals surface area contributed by atoms with Gasteiger partial charge in [-0.2, -0.15) is 0 Å². The second-order valence-electron chi connectivity index (χ2n) is 6.07. The highest BCUT2D eigenvalue weighted by Crippen LogP contribution is 2.15. The van der Waals surface area contributed by atoms with Crippen LogP contribution in [0.5, 0.6) is 0 Å². The van der Waals surface area contributed by atoms with Crippen LogP contribution in [-0.2, 0) is 21.2 Å². The Labute approximate surface area is 139 Å². The van der Waals surface area contributed by atoms with Gasteiger partial charge in [-0.15, -0.1) is 0 Å². The Kier molecular flexibility index (Phi) is 6.18. The van der Waals surface area contributed by atoms with Crippen LogP contribution >= 0.6 is 0 Å². The highest BCUT2D eigenvalue weighted by molar-refractivity contribution is 7.89.